The van der Waals surface area contributed by atoms with Gasteiger partial charge in [-0.2, -0.15) is 0 Å². The summed E-state index contributed by atoms with van der Waals surface area (Å²) in [6.07, 6.45) is -0.948. The first kappa shape index (κ1) is 20.6. The van der Waals surface area contributed by atoms with Gasteiger partial charge in [0.05, 0.1) is 13.2 Å². The van der Waals surface area contributed by atoms with Gasteiger partial charge in [-0.15, -0.1) is 0 Å². The summed E-state index contributed by atoms with van der Waals surface area (Å²) in [5, 5.41) is 9.52. The number of esters is 2. The maximum Gasteiger partial charge on any atom is 0.333 e. The first-order valence-corrected chi connectivity index (χ1v) is 7.06. The summed E-state index contributed by atoms with van der Waals surface area (Å²) in [4.78, 5) is 22.7. The molecule has 0 heterocycles. The second-order valence-corrected chi connectivity index (χ2v) is 6.12. The van der Waals surface area contributed by atoms with Crippen LogP contribution in [0.1, 0.15) is 27.7 Å². The van der Waals surface area contributed by atoms with Crippen molar-refractivity contribution in [2.24, 2.45) is 11.1 Å². The zero-order valence-corrected chi connectivity index (χ0v) is 13.8. The monoisotopic (exact) mass is 317 g/mol. The van der Waals surface area contributed by atoms with Gasteiger partial charge in [-0.1, -0.05) is 27.4 Å². The highest BCUT2D eigenvalue weighted by Gasteiger charge is 2.28. The van der Waals surface area contributed by atoms with Crippen LogP contribution in [0.15, 0.2) is 12.2 Å². The maximum atomic E-state index is 11.6. The SMILES string of the molecule is C=C(C)C(=O)OCC(O)COCCOC(=O)C(N)C(C)(C)C. The van der Waals surface area contributed by atoms with Crippen molar-refractivity contribution in [3.8, 4) is 0 Å². The summed E-state index contributed by atoms with van der Waals surface area (Å²) >= 11 is 0. The average Bonchev–Trinajstić information content (AvgIpc) is 2.41. The van der Waals surface area contributed by atoms with Crippen LogP contribution in [0.2, 0.25) is 0 Å². The van der Waals surface area contributed by atoms with E-state index in [2.05, 4.69) is 6.58 Å². The Morgan fingerprint density at radius 2 is 1.77 bits per heavy atom. The molecular formula is C15H27NO6. The minimum absolute atomic E-state index is 0.0354. The van der Waals surface area contributed by atoms with Crippen LogP contribution in [0.5, 0.6) is 0 Å². The molecule has 7 nitrogen and oxygen atoms in total. The lowest BCUT2D eigenvalue weighted by Crippen LogP contribution is -2.43. The van der Waals surface area contributed by atoms with E-state index >= 15 is 0 Å². The Hall–Kier alpha value is -1.44. The van der Waals surface area contributed by atoms with Crippen molar-refractivity contribution < 1.29 is 28.9 Å². The van der Waals surface area contributed by atoms with E-state index in [1.54, 1.807) is 0 Å². The van der Waals surface area contributed by atoms with Crippen LogP contribution in [-0.2, 0) is 23.8 Å². The van der Waals surface area contributed by atoms with Gasteiger partial charge >= 0.3 is 11.9 Å². The number of hydrogen-bond acceptors (Lipinski definition) is 7. The van der Waals surface area contributed by atoms with Gasteiger partial charge in [0, 0.05) is 5.57 Å². The highest BCUT2D eigenvalue weighted by Crippen LogP contribution is 2.18. The van der Waals surface area contributed by atoms with E-state index in [0.29, 0.717) is 0 Å². The Kier molecular flexibility index (Phi) is 8.93. The second-order valence-electron chi connectivity index (χ2n) is 6.12. The van der Waals surface area contributed by atoms with Crippen molar-refractivity contribution in [2.45, 2.75) is 39.8 Å². The van der Waals surface area contributed by atoms with Crippen molar-refractivity contribution >= 4 is 11.9 Å². The normalized spacial score (nSPS) is 14.1. The van der Waals surface area contributed by atoms with E-state index in [9.17, 15) is 14.7 Å². The van der Waals surface area contributed by atoms with Crippen molar-refractivity contribution in [3.05, 3.63) is 12.2 Å². The van der Waals surface area contributed by atoms with E-state index in [4.69, 9.17) is 19.9 Å². The molecule has 0 aliphatic heterocycles. The molecule has 0 rings (SSSR count). The molecule has 0 bridgehead atoms. The number of carbonyl (C=O) groups is 2. The van der Waals surface area contributed by atoms with Gasteiger partial charge < -0.3 is 25.1 Å². The van der Waals surface area contributed by atoms with Gasteiger partial charge in [0.2, 0.25) is 0 Å². The van der Waals surface area contributed by atoms with Crippen LogP contribution in [0.4, 0.5) is 0 Å². The Morgan fingerprint density at radius 3 is 2.27 bits per heavy atom. The molecule has 2 unspecified atom stereocenters. The predicted molar refractivity (Wildman–Crippen MR) is 81.0 cm³/mol. The summed E-state index contributed by atoms with van der Waals surface area (Å²) < 4.78 is 14.9. The summed E-state index contributed by atoms with van der Waals surface area (Å²) in [6, 6.07) is -0.709. The Morgan fingerprint density at radius 1 is 1.18 bits per heavy atom. The third-order valence-corrected chi connectivity index (χ3v) is 2.72. The molecule has 7 heteroatoms. The molecule has 22 heavy (non-hydrogen) atoms. The first-order valence-electron chi connectivity index (χ1n) is 7.06. The molecule has 0 aromatic carbocycles. The number of ether oxygens (including phenoxy) is 3. The zero-order valence-electron chi connectivity index (χ0n) is 13.8. The van der Waals surface area contributed by atoms with Crippen LogP contribution in [0, 0.1) is 5.41 Å². The molecule has 0 aliphatic rings. The van der Waals surface area contributed by atoms with Crippen molar-refractivity contribution in [2.75, 3.05) is 26.4 Å². The summed E-state index contributed by atoms with van der Waals surface area (Å²) in [7, 11) is 0. The molecule has 3 N–H and O–H groups in total. The molecule has 0 aromatic heterocycles. The Balaban J connectivity index is 3.75. The second kappa shape index (κ2) is 9.55. The fourth-order valence-corrected chi connectivity index (χ4v) is 1.21. The summed E-state index contributed by atoms with van der Waals surface area (Å²) in [5.74, 6) is -1.06. The third kappa shape index (κ3) is 8.76. The number of rotatable bonds is 9. The molecule has 2 atom stereocenters. The minimum atomic E-state index is -0.948. The lowest BCUT2D eigenvalue weighted by Gasteiger charge is -2.24. The fourth-order valence-electron chi connectivity index (χ4n) is 1.21. The number of hydrogen-bond donors (Lipinski definition) is 2. The van der Waals surface area contributed by atoms with Crippen LogP contribution >= 0.6 is 0 Å². The van der Waals surface area contributed by atoms with Crippen molar-refractivity contribution in [3.63, 3.8) is 0 Å². The quantitative estimate of drug-likeness (QED) is 0.360. The number of nitrogens with two attached hydrogens (primary N) is 1. The van der Waals surface area contributed by atoms with E-state index < -0.39 is 24.1 Å². The molecular weight excluding hydrogens is 290 g/mol. The molecule has 0 amide bonds. The summed E-state index contributed by atoms with van der Waals surface area (Å²) in [5.41, 5.74) is 5.62. The Labute approximate surface area is 131 Å². The van der Waals surface area contributed by atoms with Crippen LogP contribution in [0.3, 0.4) is 0 Å². The average molecular weight is 317 g/mol. The van der Waals surface area contributed by atoms with Gasteiger partial charge in [0.1, 0.15) is 25.4 Å². The maximum absolute atomic E-state index is 11.6. The number of carbonyl (C=O) groups excluding carboxylic acids is 2. The van der Waals surface area contributed by atoms with Gasteiger partial charge in [-0.05, 0) is 12.3 Å². The Bertz CT molecular complexity index is 388. The predicted octanol–water partition coefficient (Wildman–Crippen LogP) is 0.400. The van der Waals surface area contributed by atoms with Crippen LogP contribution in [0.25, 0.3) is 0 Å². The van der Waals surface area contributed by atoms with Gasteiger partial charge in [-0.25, -0.2) is 4.79 Å². The molecule has 0 saturated carbocycles. The zero-order chi connectivity index (χ0) is 17.3. The first-order chi connectivity index (χ1) is 10.1. The number of aliphatic hydroxyl groups excluding tert-OH is 1. The molecule has 0 saturated heterocycles. The lowest BCUT2D eigenvalue weighted by molar-refractivity contribution is -0.150. The van der Waals surface area contributed by atoms with Crippen molar-refractivity contribution in [1.82, 2.24) is 0 Å². The highest BCUT2D eigenvalue weighted by atomic mass is 16.6. The van der Waals surface area contributed by atoms with E-state index in [0.717, 1.165) is 0 Å². The molecule has 128 valence electrons. The van der Waals surface area contributed by atoms with Gasteiger partial charge in [0.15, 0.2) is 0 Å². The molecule has 0 fully saturated rings. The molecule has 0 aliphatic carbocycles. The smallest absolute Gasteiger partial charge is 0.333 e. The molecule has 0 aromatic rings. The van der Waals surface area contributed by atoms with E-state index in [-0.39, 0.29) is 37.4 Å². The largest absolute Gasteiger partial charge is 0.462 e. The standard InChI is InChI=1S/C15H27NO6/c1-10(2)13(18)22-9-11(17)8-20-6-7-21-14(19)12(16)15(3,4)5/h11-12,17H,1,6-9,16H2,2-5H3. The van der Waals surface area contributed by atoms with E-state index in [1.807, 2.05) is 20.8 Å². The van der Waals surface area contributed by atoms with E-state index in [1.165, 1.54) is 6.92 Å². The van der Waals surface area contributed by atoms with Crippen molar-refractivity contribution in [1.29, 1.82) is 0 Å². The summed E-state index contributed by atoms with van der Waals surface area (Å²) in [6.45, 7) is 10.4. The lowest BCUT2D eigenvalue weighted by atomic mass is 9.87. The fraction of sp³-hybridized carbons (Fsp3) is 0.733. The highest BCUT2D eigenvalue weighted by molar-refractivity contribution is 5.86. The van der Waals surface area contributed by atoms with Crippen LogP contribution in [-0.4, -0.2) is 55.6 Å². The third-order valence-electron chi connectivity index (χ3n) is 2.72. The minimum Gasteiger partial charge on any atom is -0.462 e. The van der Waals surface area contributed by atoms with Gasteiger partial charge in [-0.3, -0.25) is 4.79 Å². The topological polar surface area (TPSA) is 108 Å². The number of aliphatic hydroxyl groups is 1. The molecule has 0 radical (unpaired) electrons. The van der Waals surface area contributed by atoms with Gasteiger partial charge in [0.25, 0.3) is 0 Å². The van der Waals surface area contributed by atoms with Crippen LogP contribution < -0.4 is 5.73 Å². The molecule has 0 spiro atoms.